The first-order valence-corrected chi connectivity index (χ1v) is 9.73. The molecule has 0 aromatic rings. The summed E-state index contributed by atoms with van der Waals surface area (Å²) >= 11 is 2.87. The van der Waals surface area contributed by atoms with Crippen molar-refractivity contribution in [3.05, 3.63) is 9.93 Å². The Morgan fingerprint density at radius 2 is 2.25 bits per heavy atom. The fourth-order valence-electron chi connectivity index (χ4n) is 3.28. The Kier molecular flexibility index (Phi) is 4.85. The number of thioether (sulfide) groups is 2. The van der Waals surface area contributed by atoms with Gasteiger partial charge in [0.1, 0.15) is 5.37 Å². The smallest absolute Gasteiger partial charge is 0.354 e. The van der Waals surface area contributed by atoms with E-state index in [1.54, 1.807) is 6.92 Å². The van der Waals surface area contributed by atoms with Gasteiger partial charge in [-0.05, 0) is 19.8 Å². The molecule has 132 valence electrons. The Balaban J connectivity index is 1.75. The van der Waals surface area contributed by atoms with E-state index in [9.17, 15) is 19.8 Å². The van der Waals surface area contributed by atoms with Crippen LogP contribution in [0.1, 0.15) is 26.7 Å². The first-order valence-electron chi connectivity index (χ1n) is 7.97. The number of likely N-dealkylation sites (tertiary alicyclic amines) is 1. The highest BCUT2D eigenvalue weighted by Crippen LogP contribution is 2.55. The Morgan fingerprint density at radius 1 is 1.54 bits per heavy atom. The average Bonchev–Trinajstić information content (AvgIpc) is 3.10. The molecule has 3 heterocycles. The molecule has 3 rings (SSSR count). The van der Waals surface area contributed by atoms with E-state index in [4.69, 9.17) is 5.41 Å². The third kappa shape index (κ3) is 2.82. The number of amides is 1. The summed E-state index contributed by atoms with van der Waals surface area (Å²) in [5.74, 6) is -1.38. The van der Waals surface area contributed by atoms with Crippen molar-refractivity contribution in [2.75, 3.05) is 13.1 Å². The highest BCUT2D eigenvalue weighted by atomic mass is 32.2. The summed E-state index contributed by atoms with van der Waals surface area (Å²) in [6.07, 6.45) is 0.632. The highest BCUT2D eigenvalue weighted by molar-refractivity contribution is 8.23. The van der Waals surface area contributed by atoms with Crippen LogP contribution in [0.3, 0.4) is 0 Å². The molecule has 3 aliphatic heterocycles. The summed E-state index contributed by atoms with van der Waals surface area (Å²) < 4.78 is 0.654. The Morgan fingerprint density at radius 3 is 2.79 bits per heavy atom. The summed E-state index contributed by atoms with van der Waals surface area (Å²) in [6, 6.07) is 0. The fraction of sp³-hybridized carbons (Fsp3) is 0.667. The summed E-state index contributed by atoms with van der Waals surface area (Å²) in [7, 11) is 0. The Hall–Kier alpha value is -1.19. The minimum absolute atomic E-state index is 0.0598. The van der Waals surface area contributed by atoms with Gasteiger partial charge in [-0.2, -0.15) is 0 Å². The zero-order valence-electron chi connectivity index (χ0n) is 13.6. The third-order valence-electron chi connectivity index (χ3n) is 4.67. The van der Waals surface area contributed by atoms with Crippen LogP contribution in [0, 0.1) is 11.3 Å². The first-order chi connectivity index (χ1) is 11.3. The molecule has 0 aliphatic carbocycles. The molecular weight excluding hydrogens is 350 g/mol. The summed E-state index contributed by atoms with van der Waals surface area (Å²) in [4.78, 5) is 27.2. The largest absolute Gasteiger partial charge is 0.477 e. The van der Waals surface area contributed by atoms with Crippen molar-refractivity contribution < 1.29 is 19.8 Å². The van der Waals surface area contributed by atoms with Gasteiger partial charge in [-0.3, -0.25) is 15.1 Å². The van der Waals surface area contributed by atoms with Gasteiger partial charge in [0, 0.05) is 18.3 Å². The van der Waals surface area contributed by atoms with E-state index in [1.807, 2.05) is 11.8 Å². The monoisotopic (exact) mass is 371 g/mol. The number of fused-ring (bicyclic) bond motifs is 1. The lowest BCUT2D eigenvalue weighted by Crippen LogP contribution is -2.61. The van der Waals surface area contributed by atoms with Crippen LogP contribution in [0.4, 0.5) is 0 Å². The van der Waals surface area contributed by atoms with Crippen molar-refractivity contribution in [3.63, 3.8) is 0 Å². The van der Waals surface area contributed by atoms with Gasteiger partial charge < -0.3 is 15.1 Å². The predicted molar refractivity (Wildman–Crippen MR) is 93.6 cm³/mol. The maximum Gasteiger partial charge on any atom is 0.354 e. The van der Waals surface area contributed by atoms with Crippen molar-refractivity contribution in [2.45, 2.75) is 43.4 Å². The van der Waals surface area contributed by atoms with E-state index in [0.717, 1.165) is 19.5 Å². The molecule has 24 heavy (non-hydrogen) atoms. The van der Waals surface area contributed by atoms with E-state index >= 15 is 0 Å². The van der Waals surface area contributed by atoms with E-state index in [-0.39, 0.29) is 22.2 Å². The van der Waals surface area contributed by atoms with Crippen LogP contribution in [-0.2, 0) is 9.59 Å². The van der Waals surface area contributed by atoms with Crippen LogP contribution >= 0.6 is 23.5 Å². The summed E-state index contributed by atoms with van der Waals surface area (Å²) in [5.41, 5.74) is 0.0598. The van der Waals surface area contributed by atoms with Gasteiger partial charge in [-0.15, -0.1) is 11.8 Å². The number of carbonyl (C=O) groups is 2. The molecule has 0 aromatic carbocycles. The number of carbonyl (C=O) groups excluding carboxylic acids is 1. The molecule has 0 spiro atoms. The molecule has 0 radical (unpaired) electrons. The molecule has 9 heteroatoms. The fourth-order valence-corrected chi connectivity index (χ4v) is 6.56. The molecule has 2 fully saturated rings. The second-order valence-electron chi connectivity index (χ2n) is 6.22. The number of carboxylic acid groups (broad SMARTS) is 1. The number of aliphatic hydroxyl groups is 1. The lowest BCUT2D eigenvalue weighted by molar-refractivity contribution is -0.157. The van der Waals surface area contributed by atoms with Crippen LogP contribution in [-0.4, -0.2) is 67.5 Å². The molecule has 4 atom stereocenters. The maximum absolute atomic E-state index is 12.3. The van der Waals surface area contributed by atoms with E-state index in [0.29, 0.717) is 16.5 Å². The molecule has 0 aromatic heterocycles. The number of nitrogens with one attached hydrogen (secondary N) is 1. The molecule has 3 N–H and O–H groups in total. The topological polar surface area (TPSA) is 105 Å². The number of rotatable bonds is 5. The number of hydrogen-bond acceptors (Lipinski definition) is 6. The number of carboxylic acids is 1. The van der Waals surface area contributed by atoms with Crippen LogP contribution in [0.15, 0.2) is 9.93 Å². The minimum Gasteiger partial charge on any atom is -0.477 e. The van der Waals surface area contributed by atoms with Gasteiger partial charge in [-0.1, -0.05) is 18.7 Å². The number of nitrogens with zero attached hydrogens (tertiary/aromatic N) is 2. The number of β-lactam (4-membered cyclic amide) rings is 1. The van der Waals surface area contributed by atoms with E-state index in [1.165, 1.54) is 28.4 Å². The number of amidine groups is 1. The highest BCUT2D eigenvalue weighted by Gasteiger charge is 2.58. The normalized spacial score (nSPS) is 30.5. The molecule has 7 nitrogen and oxygen atoms in total. The zero-order chi connectivity index (χ0) is 17.6. The number of hydrogen-bond donors (Lipinski definition) is 3. The van der Waals surface area contributed by atoms with Crippen molar-refractivity contribution in [1.82, 2.24) is 9.80 Å². The van der Waals surface area contributed by atoms with Gasteiger partial charge in [0.2, 0.25) is 5.91 Å². The minimum atomic E-state index is -1.09. The van der Waals surface area contributed by atoms with Crippen molar-refractivity contribution in [2.24, 2.45) is 5.92 Å². The van der Waals surface area contributed by atoms with Crippen molar-refractivity contribution in [1.29, 1.82) is 5.41 Å². The standard InChI is InChI=1S/C15H21N3O4S2/c1-3-9(19)10-12(20)18-11(14(21)22)15(24-13(10)18)23-8-4-5-17(6-8)7(2)16/h8-10,13,16,19H,3-6H2,1-2H3,(H,21,22). The van der Waals surface area contributed by atoms with Crippen molar-refractivity contribution in [3.8, 4) is 0 Å². The van der Waals surface area contributed by atoms with Crippen LogP contribution in [0.2, 0.25) is 0 Å². The second kappa shape index (κ2) is 6.61. The molecule has 3 aliphatic rings. The van der Waals surface area contributed by atoms with E-state index < -0.39 is 18.0 Å². The van der Waals surface area contributed by atoms with Crippen LogP contribution in [0.25, 0.3) is 0 Å². The summed E-state index contributed by atoms with van der Waals surface area (Å²) in [5, 5.41) is 27.2. The van der Waals surface area contributed by atoms with Gasteiger partial charge in [-0.25, -0.2) is 4.79 Å². The van der Waals surface area contributed by atoms with Gasteiger partial charge in [0.15, 0.2) is 5.70 Å². The molecule has 2 saturated heterocycles. The zero-order valence-corrected chi connectivity index (χ0v) is 15.2. The Bertz CT molecular complexity index is 624. The molecule has 0 saturated carbocycles. The number of aliphatic hydroxyl groups excluding tert-OH is 1. The van der Waals surface area contributed by atoms with Crippen molar-refractivity contribution >= 4 is 41.2 Å². The second-order valence-corrected chi connectivity index (χ2v) is 8.92. The molecular formula is C15H21N3O4S2. The quantitative estimate of drug-likeness (QED) is 0.380. The first kappa shape index (κ1) is 17.6. The molecule has 1 amide bonds. The molecule has 4 unspecified atom stereocenters. The summed E-state index contributed by atoms with van der Waals surface area (Å²) in [6.45, 7) is 5.09. The Labute approximate surface area is 149 Å². The molecule has 0 bridgehead atoms. The van der Waals surface area contributed by atoms with Gasteiger partial charge in [0.25, 0.3) is 0 Å². The number of aliphatic carboxylic acids is 1. The third-order valence-corrected chi connectivity index (χ3v) is 7.53. The van der Waals surface area contributed by atoms with Crippen LogP contribution < -0.4 is 0 Å². The van der Waals surface area contributed by atoms with E-state index in [2.05, 4.69) is 0 Å². The maximum atomic E-state index is 12.3. The predicted octanol–water partition coefficient (Wildman–Crippen LogP) is 1.35. The van der Waals surface area contributed by atoms with Gasteiger partial charge in [0.05, 0.1) is 22.1 Å². The lowest BCUT2D eigenvalue weighted by Gasteiger charge is -2.44. The average molecular weight is 371 g/mol. The lowest BCUT2D eigenvalue weighted by atomic mass is 9.90. The van der Waals surface area contributed by atoms with Crippen LogP contribution in [0.5, 0.6) is 0 Å². The van der Waals surface area contributed by atoms with Gasteiger partial charge >= 0.3 is 5.97 Å². The SMILES string of the molecule is CCC(O)C1C(=O)N2C(C(=O)O)=C(SC3CCN(C(C)=N)C3)SC12.